The Hall–Kier alpha value is -0.370. The molecule has 25 heavy (non-hydrogen) atoms. The van der Waals surface area contributed by atoms with Crippen LogP contribution in [0.15, 0.2) is 0 Å². The minimum absolute atomic E-state index is 0.172. The molecule has 1 N–H and O–H groups in total. The molecule has 0 aromatic rings. The van der Waals surface area contributed by atoms with Gasteiger partial charge in [0.05, 0.1) is 6.10 Å². The van der Waals surface area contributed by atoms with Gasteiger partial charge in [0.15, 0.2) is 0 Å². The molecule has 4 saturated carbocycles. The van der Waals surface area contributed by atoms with Crippen LogP contribution >= 0.6 is 0 Å². The van der Waals surface area contributed by atoms with Gasteiger partial charge in [-0.05, 0) is 84.9 Å². The van der Waals surface area contributed by atoms with Crippen molar-refractivity contribution in [1.82, 2.24) is 0 Å². The van der Waals surface area contributed by atoms with Gasteiger partial charge in [-0.3, -0.25) is 4.79 Å². The number of fused-ring (bicyclic) bond motifs is 5. The van der Waals surface area contributed by atoms with Crippen LogP contribution < -0.4 is 0 Å². The Morgan fingerprint density at radius 3 is 2.56 bits per heavy atom. The summed E-state index contributed by atoms with van der Waals surface area (Å²) >= 11 is 0. The summed E-state index contributed by atoms with van der Waals surface area (Å²) in [6, 6.07) is 0. The number of Topliss-reactive ketones (excluding diaryl/α,β-unsaturated/α-hetero) is 1. The highest BCUT2D eigenvalue weighted by Gasteiger charge is 2.62. The van der Waals surface area contributed by atoms with Crippen LogP contribution in [0.4, 0.5) is 0 Å². The Bertz CT molecular complexity index is 542. The van der Waals surface area contributed by atoms with Crippen LogP contribution in [0.3, 0.4) is 0 Å². The monoisotopic (exact) mass is 346 g/mol. The van der Waals surface area contributed by atoms with Gasteiger partial charge in [0, 0.05) is 12.8 Å². The number of aliphatic hydroxyl groups excluding tert-OH is 1. The number of hydrogen-bond acceptors (Lipinski definition) is 2. The predicted molar refractivity (Wildman–Crippen MR) is 101 cm³/mol. The summed E-state index contributed by atoms with van der Waals surface area (Å²) in [5.74, 6) is 4.35. The molecule has 0 amide bonds. The topological polar surface area (TPSA) is 37.3 Å². The zero-order valence-electron chi connectivity index (χ0n) is 16.8. The lowest BCUT2D eigenvalue weighted by Crippen LogP contribution is -2.58. The van der Waals surface area contributed by atoms with Gasteiger partial charge in [-0.1, -0.05) is 34.1 Å². The van der Waals surface area contributed by atoms with Crippen LogP contribution in [0.5, 0.6) is 0 Å². The molecular formula is C23H38O2. The summed E-state index contributed by atoms with van der Waals surface area (Å²) in [4.78, 5) is 12.0. The van der Waals surface area contributed by atoms with E-state index in [9.17, 15) is 9.90 Å². The molecular weight excluding hydrogens is 308 g/mol. The van der Waals surface area contributed by atoms with Gasteiger partial charge < -0.3 is 5.11 Å². The lowest BCUT2D eigenvalue weighted by molar-refractivity contribution is -0.168. The molecule has 0 aromatic heterocycles. The molecule has 0 heterocycles. The van der Waals surface area contributed by atoms with Gasteiger partial charge >= 0.3 is 0 Å². The van der Waals surface area contributed by atoms with Crippen molar-refractivity contribution in [2.24, 2.45) is 46.3 Å². The molecule has 0 spiro atoms. The number of hydrogen-bond donors (Lipinski definition) is 1. The fourth-order valence-electron chi connectivity index (χ4n) is 8.27. The summed E-state index contributed by atoms with van der Waals surface area (Å²) in [7, 11) is 0. The normalized spacial score (nSPS) is 53.7. The molecule has 0 aromatic carbocycles. The fourth-order valence-corrected chi connectivity index (χ4v) is 8.27. The number of carbonyl (C=O) groups is 1. The van der Waals surface area contributed by atoms with Crippen molar-refractivity contribution in [2.75, 3.05) is 0 Å². The van der Waals surface area contributed by atoms with Crippen molar-refractivity contribution in [3.63, 3.8) is 0 Å². The van der Waals surface area contributed by atoms with E-state index < -0.39 is 0 Å². The van der Waals surface area contributed by atoms with E-state index in [1.165, 1.54) is 32.1 Å². The van der Waals surface area contributed by atoms with Gasteiger partial charge in [0.25, 0.3) is 0 Å². The molecule has 9 atom stereocenters. The third-order valence-electron chi connectivity index (χ3n) is 9.90. The van der Waals surface area contributed by atoms with Gasteiger partial charge in [-0.2, -0.15) is 0 Å². The van der Waals surface area contributed by atoms with Crippen molar-refractivity contribution in [1.29, 1.82) is 0 Å². The predicted octanol–water partition coefficient (Wildman–Crippen LogP) is 5.23. The molecule has 4 aliphatic carbocycles. The van der Waals surface area contributed by atoms with Crippen LogP contribution in [0.2, 0.25) is 0 Å². The minimum atomic E-state index is -0.172. The summed E-state index contributed by atoms with van der Waals surface area (Å²) in [5, 5.41) is 11.2. The molecule has 9 unspecified atom stereocenters. The van der Waals surface area contributed by atoms with E-state index in [2.05, 4.69) is 27.7 Å². The molecule has 4 rings (SSSR count). The number of rotatable bonds is 2. The van der Waals surface area contributed by atoms with E-state index in [4.69, 9.17) is 0 Å². The number of ketones is 1. The third kappa shape index (κ3) is 2.49. The zero-order valence-corrected chi connectivity index (χ0v) is 16.8. The van der Waals surface area contributed by atoms with Crippen LogP contribution in [-0.2, 0) is 4.79 Å². The zero-order chi connectivity index (χ0) is 18.0. The Labute approximate surface area is 154 Å². The molecule has 4 fully saturated rings. The Kier molecular flexibility index (Phi) is 4.38. The van der Waals surface area contributed by atoms with Crippen LogP contribution in [-0.4, -0.2) is 17.0 Å². The molecule has 2 heteroatoms. The molecule has 2 nitrogen and oxygen atoms in total. The maximum absolute atomic E-state index is 12.0. The lowest BCUT2D eigenvalue weighted by Gasteiger charge is -2.61. The SMILES string of the molecule is CCC(C)C1CCC2C3C(O)CC4CC(=O)CCC4(C)C3CCC12C. The van der Waals surface area contributed by atoms with Crippen molar-refractivity contribution in [2.45, 2.75) is 91.6 Å². The minimum Gasteiger partial charge on any atom is -0.393 e. The summed E-state index contributed by atoms with van der Waals surface area (Å²) < 4.78 is 0. The van der Waals surface area contributed by atoms with Crippen LogP contribution in [0.25, 0.3) is 0 Å². The van der Waals surface area contributed by atoms with E-state index in [1.54, 1.807) is 0 Å². The van der Waals surface area contributed by atoms with E-state index >= 15 is 0 Å². The first-order valence-corrected chi connectivity index (χ1v) is 11.0. The molecule has 0 aliphatic heterocycles. The first-order valence-electron chi connectivity index (χ1n) is 11.0. The first-order chi connectivity index (χ1) is 11.8. The molecule has 0 bridgehead atoms. The quantitative estimate of drug-likeness (QED) is 0.743. The second-order valence-corrected chi connectivity index (χ2v) is 10.7. The van der Waals surface area contributed by atoms with E-state index in [-0.39, 0.29) is 6.10 Å². The average molecular weight is 347 g/mol. The van der Waals surface area contributed by atoms with Crippen molar-refractivity contribution < 1.29 is 9.90 Å². The Morgan fingerprint density at radius 1 is 1.12 bits per heavy atom. The highest BCUT2D eigenvalue weighted by Crippen LogP contribution is 2.68. The summed E-state index contributed by atoms with van der Waals surface area (Å²) in [5.41, 5.74) is 0.735. The van der Waals surface area contributed by atoms with Gasteiger partial charge in [0.1, 0.15) is 5.78 Å². The lowest BCUT2D eigenvalue weighted by atomic mass is 9.44. The Balaban J connectivity index is 1.64. The van der Waals surface area contributed by atoms with E-state index in [0.29, 0.717) is 40.3 Å². The summed E-state index contributed by atoms with van der Waals surface area (Å²) in [6.07, 6.45) is 9.89. The second kappa shape index (κ2) is 6.08. The van der Waals surface area contributed by atoms with Gasteiger partial charge in [0.2, 0.25) is 0 Å². The standard InChI is InChI=1S/C23H38O2/c1-5-14(2)17-6-7-18-21-19(9-11-23(17,18)4)22(3)10-8-16(24)12-15(22)13-20(21)25/h14-15,17-21,25H,5-13H2,1-4H3. The number of carbonyl (C=O) groups excluding carboxylic acids is 1. The maximum atomic E-state index is 12.0. The second-order valence-electron chi connectivity index (χ2n) is 10.7. The van der Waals surface area contributed by atoms with E-state index in [0.717, 1.165) is 37.5 Å². The smallest absolute Gasteiger partial charge is 0.133 e. The molecule has 0 saturated heterocycles. The van der Waals surface area contributed by atoms with Crippen molar-refractivity contribution in [3.8, 4) is 0 Å². The summed E-state index contributed by atoms with van der Waals surface area (Å²) in [6.45, 7) is 9.82. The maximum Gasteiger partial charge on any atom is 0.133 e. The third-order valence-corrected chi connectivity index (χ3v) is 9.90. The molecule has 142 valence electrons. The highest BCUT2D eigenvalue weighted by atomic mass is 16.3. The van der Waals surface area contributed by atoms with E-state index in [1.807, 2.05) is 0 Å². The highest BCUT2D eigenvalue weighted by molar-refractivity contribution is 5.79. The number of aliphatic hydroxyl groups is 1. The largest absolute Gasteiger partial charge is 0.393 e. The van der Waals surface area contributed by atoms with Crippen LogP contribution in [0, 0.1) is 46.3 Å². The molecule has 4 aliphatic rings. The first kappa shape index (κ1) is 18.0. The Morgan fingerprint density at radius 2 is 1.84 bits per heavy atom. The van der Waals surface area contributed by atoms with Crippen molar-refractivity contribution >= 4 is 5.78 Å². The van der Waals surface area contributed by atoms with Crippen molar-refractivity contribution in [3.05, 3.63) is 0 Å². The van der Waals surface area contributed by atoms with Gasteiger partial charge in [-0.25, -0.2) is 0 Å². The van der Waals surface area contributed by atoms with Gasteiger partial charge in [-0.15, -0.1) is 0 Å². The molecule has 0 radical (unpaired) electrons. The fraction of sp³-hybridized carbons (Fsp3) is 0.957. The van der Waals surface area contributed by atoms with Crippen LogP contribution in [0.1, 0.15) is 85.5 Å². The average Bonchev–Trinajstić information content (AvgIpc) is 2.93.